The number of likely N-dealkylation sites (tertiary alicyclic amines) is 1. The minimum absolute atomic E-state index is 0.152. The second kappa shape index (κ2) is 6.16. The molecule has 98 valence electrons. The Morgan fingerprint density at radius 2 is 2.50 bits per heavy atom. The van der Waals surface area contributed by atoms with E-state index in [4.69, 9.17) is 11.6 Å². The lowest BCUT2D eigenvalue weighted by Gasteiger charge is -2.22. The van der Waals surface area contributed by atoms with Crippen molar-refractivity contribution in [3.05, 3.63) is 29.0 Å². The Hall–Kier alpha value is -1.13. The van der Waals surface area contributed by atoms with Crippen molar-refractivity contribution in [1.82, 2.24) is 15.2 Å². The van der Waals surface area contributed by atoms with E-state index in [2.05, 4.69) is 22.1 Å². The monoisotopic (exact) mass is 267 g/mol. The highest BCUT2D eigenvalue weighted by molar-refractivity contribution is 6.30. The molecule has 2 rings (SSSR count). The van der Waals surface area contributed by atoms with Gasteiger partial charge in [0.15, 0.2) is 0 Å². The maximum absolute atomic E-state index is 11.9. The summed E-state index contributed by atoms with van der Waals surface area (Å²) in [4.78, 5) is 18.3. The zero-order valence-corrected chi connectivity index (χ0v) is 11.3. The predicted octanol–water partition coefficient (Wildman–Crippen LogP) is 1.95. The van der Waals surface area contributed by atoms with Crippen LogP contribution in [-0.2, 0) is 0 Å². The summed E-state index contributed by atoms with van der Waals surface area (Å²) in [6.07, 6.45) is 3.91. The number of hydrogen-bond donors (Lipinski definition) is 1. The number of carbonyl (C=O) groups excluding carboxylic acids is 1. The van der Waals surface area contributed by atoms with Gasteiger partial charge in [-0.1, -0.05) is 18.5 Å². The van der Waals surface area contributed by atoms with Crippen LogP contribution in [0.2, 0.25) is 5.02 Å². The SMILES string of the molecule is CCN1CCC[C@H]1CNC(=O)c1cc(Cl)ccn1. The lowest BCUT2D eigenvalue weighted by Crippen LogP contribution is -2.40. The van der Waals surface area contributed by atoms with Crippen LogP contribution in [0, 0.1) is 0 Å². The van der Waals surface area contributed by atoms with Crippen LogP contribution in [0.5, 0.6) is 0 Å². The lowest BCUT2D eigenvalue weighted by molar-refractivity contribution is 0.0936. The number of hydrogen-bond acceptors (Lipinski definition) is 3. The van der Waals surface area contributed by atoms with Gasteiger partial charge < -0.3 is 5.32 Å². The molecule has 1 aromatic rings. The predicted molar refractivity (Wildman–Crippen MR) is 71.8 cm³/mol. The number of aromatic nitrogens is 1. The summed E-state index contributed by atoms with van der Waals surface area (Å²) in [6.45, 7) is 5.00. The first-order chi connectivity index (χ1) is 8.70. The molecule has 1 aromatic heterocycles. The van der Waals surface area contributed by atoms with E-state index in [0.29, 0.717) is 23.3 Å². The Balaban J connectivity index is 1.88. The highest BCUT2D eigenvalue weighted by Gasteiger charge is 2.23. The van der Waals surface area contributed by atoms with Crippen molar-refractivity contribution in [2.75, 3.05) is 19.6 Å². The Bertz CT molecular complexity index is 424. The smallest absolute Gasteiger partial charge is 0.269 e. The van der Waals surface area contributed by atoms with Gasteiger partial charge in [0.05, 0.1) is 0 Å². The molecule has 5 heteroatoms. The molecule has 1 amide bonds. The van der Waals surface area contributed by atoms with Gasteiger partial charge in [-0.3, -0.25) is 14.7 Å². The molecule has 18 heavy (non-hydrogen) atoms. The van der Waals surface area contributed by atoms with Crippen LogP contribution < -0.4 is 5.32 Å². The van der Waals surface area contributed by atoms with Gasteiger partial charge in [-0.2, -0.15) is 0 Å². The Morgan fingerprint density at radius 1 is 1.67 bits per heavy atom. The van der Waals surface area contributed by atoms with E-state index in [1.807, 2.05) is 0 Å². The molecule has 1 N–H and O–H groups in total. The number of nitrogens with zero attached hydrogens (tertiary/aromatic N) is 2. The largest absolute Gasteiger partial charge is 0.349 e. The molecule has 4 nitrogen and oxygen atoms in total. The summed E-state index contributed by atoms with van der Waals surface area (Å²) >= 11 is 5.83. The van der Waals surface area contributed by atoms with E-state index < -0.39 is 0 Å². The summed E-state index contributed by atoms with van der Waals surface area (Å²) in [5.74, 6) is -0.152. The first-order valence-corrected chi connectivity index (χ1v) is 6.72. The second-order valence-electron chi connectivity index (χ2n) is 4.49. The Morgan fingerprint density at radius 3 is 3.22 bits per heavy atom. The van der Waals surface area contributed by atoms with Crippen molar-refractivity contribution in [2.24, 2.45) is 0 Å². The standard InChI is InChI=1S/C13H18ClN3O/c1-2-17-7-3-4-11(17)9-16-13(18)12-8-10(14)5-6-15-12/h5-6,8,11H,2-4,7,9H2,1H3,(H,16,18)/t11-/m0/s1. The molecule has 1 aliphatic rings. The minimum Gasteiger partial charge on any atom is -0.349 e. The zero-order chi connectivity index (χ0) is 13.0. The van der Waals surface area contributed by atoms with Crippen LogP contribution in [0.25, 0.3) is 0 Å². The number of carbonyl (C=O) groups is 1. The molecule has 0 radical (unpaired) electrons. The van der Waals surface area contributed by atoms with Gasteiger partial charge in [0, 0.05) is 23.8 Å². The van der Waals surface area contributed by atoms with Crippen molar-refractivity contribution < 1.29 is 4.79 Å². The molecule has 0 aromatic carbocycles. The molecule has 1 fully saturated rings. The van der Waals surface area contributed by atoms with Gasteiger partial charge in [-0.25, -0.2) is 0 Å². The van der Waals surface area contributed by atoms with Crippen LogP contribution in [0.1, 0.15) is 30.3 Å². The number of halogens is 1. The highest BCUT2D eigenvalue weighted by atomic mass is 35.5. The van der Waals surface area contributed by atoms with Gasteiger partial charge in [0.1, 0.15) is 5.69 Å². The van der Waals surface area contributed by atoms with Crippen LogP contribution in [0.4, 0.5) is 0 Å². The first kappa shape index (κ1) is 13.3. The number of nitrogens with one attached hydrogen (secondary N) is 1. The van der Waals surface area contributed by atoms with Gasteiger partial charge in [-0.15, -0.1) is 0 Å². The maximum Gasteiger partial charge on any atom is 0.269 e. The third-order valence-corrected chi connectivity index (χ3v) is 3.59. The van der Waals surface area contributed by atoms with E-state index in [1.165, 1.54) is 6.42 Å². The third-order valence-electron chi connectivity index (χ3n) is 3.36. The van der Waals surface area contributed by atoms with Gasteiger partial charge >= 0.3 is 0 Å². The van der Waals surface area contributed by atoms with E-state index in [-0.39, 0.29) is 5.91 Å². The van der Waals surface area contributed by atoms with Crippen molar-refractivity contribution in [3.8, 4) is 0 Å². The van der Waals surface area contributed by atoms with E-state index in [0.717, 1.165) is 19.5 Å². The summed E-state index contributed by atoms with van der Waals surface area (Å²) < 4.78 is 0. The molecule has 1 saturated heterocycles. The van der Waals surface area contributed by atoms with Crippen LogP contribution in [0.15, 0.2) is 18.3 Å². The fourth-order valence-corrected chi connectivity index (χ4v) is 2.53. The van der Waals surface area contributed by atoms with Crippen molar-refractivity contribution >= 4 is 17.5 Å². The van der Waals surface area contributed by atoms with Gasteiger partial charge in [0.2, 0.25) is 0 Å². The van der Waals surface area contributed by atoms with Crippen molar-refractivity contribution in [2.45, 2.75) is 25.8 Å². The maximum atomic E-state index is 11.9. The third kappa shape index (κ3) is 3.21. The topological polar surface area (TPSA) is 45.2 Å². The molecule has 0 spiro atoms. The first-order valence-electron chi connectivity index (χ1n) is 6.34. The normalized spacial score (nSPS) is 20.0. The fourth-order valence-electron chi connectivity index (χ4n) is 2.37. The molecular weight excluding hydrogens is 250 g/mol. The number of likely N-dealkylation sites (N-methyl/N-ethyl adjacent to an activating group) is 1. The van der Waals surface area contributed by atoms with Crippen molar-refractivity contribution in [1.29, 1.82) is 0 Å². The zero-order valence-electron chi connectivity index (χ0n) is 10.5. The average Bonchev–Trinajstić information content (AvgIpc) is 2.83. The summed E-state index contributed by atoms with van der Waals surface area (Å²) in [6, 6.07) is 3.70. The molecule has 1 aliphatic heterocycles. The lowest BCUT2D eigenvalue weighted by atomic mass is 10.2. The molecule has 0 bridgehead atoms. The molecule has 0 aliphatic carbocycles. The molecule has 0 saturated carbocycles. The second-order valence-corrected chi connectivity index (χ2v) is 4.93. The number of rotatable bonds is 4. The Kier molecular flexibility index (Phi) is 4.55. The van der Waals surface area contributed by atoms with Gasteiger partial charge in [-0.05, 0) is 38.1 Å². The molecule has 0 unspecified atom stereocenters. The molecule has 1 atom stereocenters. The fraction of sp³-hybridized carbons (Fsp3) is 0.538. The van der Waals surface area contributed by atoms with Crippen molar-refractivity contribution in [3.63, 3.8) is 0 Å². The highest BCUT2D eigenvalue weighted by Crippen LogP contribution is 2.15. The number of pyridine rings is 1. The van der Waals surface area contributed by atoms with Crippen LogP contribution in [0.3, 0.4) is 0 Å². The summed E-state index contributed by atoms with van der Waals surface area (Å²) in [7, 11) is 0. The summed E-state index contributed by atoms with van der Waals surface area (Å²) in [5, 5.41) is 3.46. The van der Waals surface area contributed by atoms with Crippen LogP contribution in [-0.4, -0.2) is 41.5 Å². The van der Waals surface area contributed by atoms with Crippen LogP contribution >= 0.6 is 11.6 Å². The minimum atomic E-state index is -0.152. The molecule has 2 heterocycles. The van der Waals surface area contributed by atoms with E-state index in [9.17, 15) is 4.79 Å². The molecular formula is C13H18ClN3O. The quantitative estimate of drug-likeness (QED) is 0.907. The average molecular weight is 268 g/mol. The Labute approximate surface area is 112 Å². The summed E-state index contributed by atoms with van der Waals surface area (Å²) in [5.41, 5.74) is 0.378. The van der Waals surface area contributed by atoms with Gasteiger partial charge in [0.25, 0.3) is 5.91 Å². The van der Waals surface area contributed by atoms with E-state index >= 15 is 0 Å². The number of amides is 1. The van der Waals surface area contributed by atoms with E-state index in [1.54, 1.807) is 18.3 Å².